The lowest BCUT2D eigenvalue weighted by Gasteiger charge is -2.28. The number of hydrogen-bond donors (Lipinski definition) is 1. The van der Waals surface area contributed by atoms with Gasteiger partial charge in [-0.05, 0) is 30.9 Å². The Morgan fingerprint density at radius 2 is 2.26 bits per heavy atom. The average molecular weight is 306 g/mol. The van der Waals surface area contributed by atoms with Crippen molar-refractivity contribution >= 4 is 21.4 Å². The molecule has 1 aromatic heterocycles. The molecular formula is C12H20ClN3O2S. The molecule has 1 fully saturated rings. The smallest absolute Gasteiger partial charge is 0.202 e. The molecule has 7 heteroatoms. The summed E-state index contributed by atoms with van der Waals surface area (Å²) in [7, 11) is -1.06. The van der Waals surface area contributed by atoms with Crippen molar-refractivity contribution in [3.8, 4) is 0 Å². The first-order valence-corrected chi connectivity index (χ1v) is 8.79. The van der Waals surface area contributed by atoms with Crippen molar-refractivity contribution in [1.29, 1.82) is 0 Å². The van der Waals surface area contributed by atoms with Gasteiger partial charge in [0.1, 0.15) is 9.84 Å². The lowest BCUT2D eigenvalue weighted by Crippen LogP contribution is -2.38. The molecule has 0 radical (unpaired) electrons. The molecule has 2 rings (SSSR count). The quantitative estimate of drug-likeness (QED) is 0.916. The number of sulfone groups is 1. The molecule has 19 heavy (non-hydrogen) atoms. The van der Waals surface area contributed by atoms with Crippen molar-refractivity contribution in [3.05, 3.63) is 17.2 Å². The molecule has 0 bridgehead atoms. The van der Waals surface area contributed by atoms with E-state index in [-0.39, 0.29) is 11.3 Å². The normalized spacial score (nSPS) is 24.6. The fraction of sp³-hybridized carbons (Fsp3) is 0.750. The maximum Gasteiger partial charge on any atom is 0.202 e. The van der Waals surface area contributed by atoms with Gasteiger partial charge in [0.05, 0.1) is 17.1 Å². The Hall–Kier alpha value is -0.590. The van der Waals surface area contributed by atoms with Crippen LogP contribution >= 0.6 is 11.6 Å². The zero-order valence-electron chi connectivity index (χ0n) is 11.3. The van der Waals surface area contributed by atoms with E-state index < -0.39 is 9.84 Å². The number of rotatable bonds is 4. The number of nitrogens with zero attached hydrogens (tertiary/aromatic N) is 2. The van der Waals surface area contributed by atoms with E-state index in [1.165, 1.54) is 6.26 Å². The standard InChI is InChI=1S/C12H20ClN3O2S/c1-16-10(8-15-12(16)13)7-14-9-4-3-5-11(6-9)19(2,17)18/h8-9,11,14H,3-7H2,1-2H3. The Morgan fingerprint density at radius 1 is 1.53 bits per heavy atom. The van der Waals surface area contributed by atoms with Crippen molar-refractivity contribution < 1.29 is 8.42 Å². The molecule has 0 aliphatic heterocycles. The van der Waals surface area contributed by atoms with Crippen LogP contribution in [0.1, 0.15) is 31.4 Å². The van der Waals surface area contributed by atoms with Gasteiger partial charge < -0.3 is 9.88 Å². The second-order valence-electron chi connectivity index (χ2n) is 5.27. The number of imidazole rings is 1. The van der Waals surface area contributed by atoms with E-state index in [4.69, 9.17) is 11.6 Å². The van der Waals surface area contributed by atoms with Gasteiger partial charge in [-0.2, -0.15) is 0 Å². The third kappa shape index (κ3) is 3.70. The first-order valence-electron chi connectivity index (χ1n) is 6.46. The molecule has 2 atom stereocenters. The highest BCUT2D eigenvalue weighted by molar-refractivity contribution is 7.91. The summed E-state index contributed by atoms with van der Waals surface area (Å²) in [5.41, 5.74) is 1.01. The van der Waals surface area contributed by atoms with E-state index in [1.54, 1.807) is 6.20 Å². The van der Waals surface area contributed by atoms with Crippen LogP contribution in [0, 0.1) is 0 Å². The Balaban J connectivity index is 1.91. The maximum absolute atomic E-state index is 11.6. The third-order valence-corrected chi connectivity index (χ3v) is 5.82. The van der Waals surface area contributed by atoms with Gasteiger partial charge in [0.15, 0.2) is 0 Å². The summed E-state index contributed by atoms with van der Waals surface area (Å²) >= 11 is 5.88. The van der Waals surface area contributed by atoms with Crippen molar-refractivity contribution in [3.63, 3.8) is 0 Å². The number of halogens is 1. The van der Waals surface area contributed by atoms with Crippen molar-refractivity contribution in [2.75, 3.05) is 6.26 Å². The molecule has 0 saturated heterocycles. The highest BCUT2D eigenvalue weighted by Crippen LogP contribution is 2.24. The summed E-state index contributed by atoms with van der Waals surface area (Å²) in [4.78, 5) is 4.03. The van der Waals surface area contributed by atoms with Crippen LogP contribution in [0.5, 0.6) is 0 Å². The summed E-state index contributed by atoms with van der Waals surface area (Å²) in [5, 5.41) is 3.68. The molecular weight excluding hydrogens is 286 g/mol. The summed E-state index contributed by atoms with van der Waals surface area (Å²) in [6.07, 6.45) is 6.55. The Kier molecular flexibility index (Phi) is 4.53. The molecule has 1 aliphatic rings. The van der Waals surface area contributed by atoms with Crippen LogP contribution < -0.4 is 5.32 Å². The molecule has 1 aliphatic carbocycles. The molecule has 1 aromatic rings. The minimum Gasteiger partial charge on any atom is -0.321 e. The summed E-state index contributed by atoms with van der Waals surface area (Å²) in [6, 6.07) is 0.252. The van der Waals surface area contributed by atoms with Gasteiger partial charge in [0, 0.05) is 25.9 Å². The Labute approximate surface area is 119 Å². The predicted molar refractivity (Wildman–Crippen MR) is 75.9 cm³/mol. The molecule has 1 saturated carbocycles. The minimum atomic E-state index is -2.92. The van der Waals surface area contributed by atoms with Gasteiger partial charge in [-0.3, -0.25) is 0 Å². The van der Waals surface area contributed by atoms with Crippen molar-refractivity contribution in [2.24, 2.45) is 7.05 Å². The highest BCUT2D eigenvalue weighted by Gasteiger charge is 2.28. The molecule has 5 nitrogen and oxygen atoms in total. The van der Waals surface area contributed by atoms with Crippen molar-refractivity contribution in [1.82, 2.24) is 14.9 Å². The van der Waals surface area contributed by atoms with E-state index in [0.717, 1.165) is 25.0 Å². The summed E-state index contributed by atoms with van der Waals surface area (Å²) in [6.45, 7) is 0.664. The monoisotopic (exact) mass is 305 g/mol. The number of nitrogens with one attached hydrogen (secondary N) is 1. The second-order valence-corrected chi connectivity index (χ2v) is 7.94. The van der Waals surface area contributed by atoms with Crippen molar-refractivity contribution in [2.45, 2.75) is 43.5 Å². The first kappa shape index (κ1) is 14.8. The van der Waals surface area contributed by atoms with Crippen LogP contribution in [-0.2, 0) is 23.4 Å². The van der Waals surface area contributed by atoms with E-state index in [9.17, 15) is 8.42 Å². The van der Waals surface area contributed by atoms with E-state index in [2.05, 4.69) is 10.3 Å². The van der Waals surface area contributed by atoms with Crippen LogP contribution in [0.3, 0.4) is 0 Å². The zero-order chi connectivity index (χ0) is 14.0. The molecule has 1 N–H and O–H groups in total. The van der Waals surface area contributed by atoms with Gasteiger partial charge in [-0.25, -0.2) is 13.4 Å². The van der Waals surface area contributed by atoms with Crippen LogP contribution in [0.2, 0.25) is 5.28 Å². The summed E-state index contributed by atoms with van der Waals surface area (Å²) < 4.78 is 25.0. The fourth-order valence-electron chi connectivity index (χ4n) is 2.55. The van der Waals surface area contributed by atoms with E-state index >= 15 is 0 Å². The second kappa shape index (κ2) is 5.81. The third-order valence-electron chi connectivity index (χ3n) is 3.83. The van der Waals surface area contributed by atoms with Crippen LogP contribution in [0.25, 0.3) is 0 Å². The molecule has 0 spiro atoms. The molecule has 108 valence electrons. The van der Waals surface area contributed by atoms with Gasteiger partial charge in [-0.15, -0.1) is 0 Å². The van der Waals surface area contributed by atoms with E-state index in [1.807, 2.05) is 11.6 Å². The lowest BCUT2D eigenvalue weighted by atomic mass is 9.95. The predicted octanol–water partition coefficient (Wildman–Crippen LogP) is 1.52. The molecule has 0 aromatic carbocycles. The molecule has 2 unspecified atom stereocenters. The highest BCUT2D eigenvalue weighted by atomic mass is 35.5. The molecule has 0 amide bonds. The Morgan fingerprint density at radius 3 is 2.84 bits per heavy atom. The van der Waals surface area contributed by atoms with E-state index in [0.29, 0.717) is 18.2 Å². The Bertz CT molecular complexity index is 541. The summed E-state index contributed by atoms with van der Waals surface area (Å²) in [5.74, 6) is 0. The van der Waals surface area contributed by atoms with Gasteiger partial charge in [-0.1, -0.05) is 6.42 Å². The number of hydrogen-bond acceptors (Lipinski definition) is 4. The fourth-order valence-corrected chi connectivity index (χ4v) is 3.89. The van der Waals surface area contributed by atoms with Crippen LogP contribution in [0.15, 0.2) is 6.20 Å². The van der Waals surface area contributed by atoms with Crippen LogP contribution in [0.4, 0.5) is 0 Å². The first-order chi connectivity index (χ1) is 8.88. The lowest BCUT2D eigenvalue weighted by molar-refractivity contribution is 0.368. The number of aromatic nitrogens is 2. The topological polar surface area (TPSA) is 64.0 Å². The van der Waals surface area contributed by atoms with Crippen LogP contribution in [-0.4, -0.2) is 35.5 Å². The van der Waals surface area contributed by atoms with Gasteiger partial charge >= 0.3 is 0 Å². The van der Waals surface area contributed by atoms with Gasteiger partial charge in [0.25, 0.3) is 0 Å². The van der Waals surface area contributed by atoms with Gasteiger partial charge in [0.2, 0.25) is 5.28 Å². The maximum atomic E-state index is 11.6. The SMILES string of the molecule is Cn1c(CNC2CCCC(S(C)(=O)=O)C2)cnc1Cl. The zero-order valence-corrected chi connectivity index (χ0v) is 12.8. The molecule has 1 heterocycles. The largest absolute Gasteiger partial charge is 0.321 e. The average Bonchev–Trinajstić information content (AvgIpc) is 2.67. The minimum absolute atomic E-state index is 0.200.